The zero-order valence-electron chi connectivity index (χ0n) is 10.8. The van der Waals surface area contributed by atoms with Crippen LogP contribution in [0, 0.1) is 0 Å². The van der Waals surface area contributed by atoms with Gasteiger partial charge in [0.05, 0.1) is 6.54 Å². The third-order valence-corrected chi connectivity index (χ3v) is 3.71. The van der Waals surface area contributed by atoms with E-state index in [-0.39, 0.29) is 30.3 Å². The van der Waals surface area contributed by atoms with Gasteiger partial charge in [-0.1, -0.05) is 18.2 Å². The minimum Gasteiger partial charge on any atom is -0.347 e. The molecule has 2 atom stereocenters. The summed E-state index contributed by atoms with van der Waals surface area (Å²) in [5, 5.41) is 5.45. The molecule has 0 aromatic heterocycles. The van der Waals surface area contributed by atoms with Crippen LogP contribution in [0.4, 0.5) is 0 Å². The second-order valence-corrected chi connectivity index (χ2v) is 5.05. The van der Waals surface area contributed by atoms with E-state index in [0.29, 0.717) is 18.5 Å². The third kappa shape index (κ3) is 2.24. The van der Waals surface area contributed by atoms with Crippen LogP contribution in [0.25, 0.3) is 0 Å². The smallest absolute Gasteiger partial charge is 0.251 e. The van der Waals surface area contributed by atoms with Gasteiger partial charge >= 0.3 is 0 Å². The molecule has 2 N–H and O–H groups in total. The Balaban J connectivity index is 1.67. The third-order valence-electron chi connectivity index (χ3n) is 3.71. The Morgan fingerprint density at radius 1 is 1.25 bits per heavy atom. The molecule has 1 aromatic carbocycles. The fourth-order valence-corrected chi connectivity index (χ4v) is 2.71. The Morgan fingerprint density at radius 3 is 2.70 bits per heavy atom. The van der Waals surface area contributed by atoms with E-state index in [0.717, 1.165) is 0 Å². The molecule has 0 radical (unpaired) electrons. The fourth-order valence-electron chi connectivity index (χ4n) is 2.71. The lowest BCUT2D eigenvalue weighted by Crippen LogP contribution is -2.55. The van der Waals surface area contributed by atoms with E-state index in [1.807, 2.05) is 6.07 Å². The van der Waals surface area contributed by atoms with E-state index in [1.165, 1.54) is 0 Å². The number of carbonyl (C=O) groups is 3. The summed E-state index contributed by atoms with van der Waals surface area (Å²) in [6.07, 6.45) is 0.468. The van der Waals surface area contributed by atoms with Crippen LogP contribution in [0.2, 0.25) is 0 Å². The molecule has 2 aliphatic rings. The summed E-state index contributed by atoms with van der Waals surface area (Å²) in [5.41, 5.74) is 0.577. The second kappa shape index (κ2) is 4.96. The number of nitrogens with zero attached hydrogens (tertiary/aromatic N) is 1. The molecule has 2 aliphatic heterocycles. The minimum absolute atomic E-state index is 0.0503. The van der Waals surface area contributed by atoms with Crippen molar-refractivity contribution in [1.29, 1.82) is 0 Å². The molecule has 2 fully saturated rings. The Hall–Kier alpha value is -2.37. The van der Waals surface area contributed by atoms with Gasteiger partial charge in [0.25, 0.3) is 5.91 Å². The molecule has 104 valence electrons. The van der Waals surface area contributed by atoms with Crippen LogP contribution in [0.3, 0.4) is 0 Å². The molecule has 1 aromatic rings. The van der Waals surface area contributed by atoms with Crippen LogP contribution < -0.4 is 10.6 Å². The number of rotatable bonds is 2. The molecule has 3 amide bonds. The predicted molar refractivity (Wildman–Crippen MR) is 70.8 cm³/mol. The number of benzene rings is 1. The molecule has 3 rings (SSSR count). The lowest BCUT2D eigenvalue weighted by atomic mass is 10.1. The van der Waals surface area contributed by atoms with Crippen LogP contribution >= 0.6 is 0 Å². The highest BCUT2D eigenvalue weighted by Crippen LogP contribution is 2.20. The van der Waals surface area contributed by atoms with Gasteiger partial charge in [-0.15, -0.1) is 0 Å². The van der Waals surface area contributed by atoms with E-state index in [1.54, 1.807) is 29.2 Å². The molecule has 6 heteroatoms. The molecule has 0 unspecified atom stereocenters. The lowest BCUT2D eigenvalue weighted by molar-refractivity contribution is -0.143. The highest BCUT2D eigenvalue weighted by molar-refractivity contribution is 5.96. The quantitative estimate of drug-likeness (QED) is 0.763. The first-order valence-corrected chi connectivity index (χ1v) is 6.58. The van der Waals surface area contributed by atoms with Crippen molar-refractivity contribution in [2.45, 2.75) is 18.5 Å². The van der Waals surface area contributed by atoms with Crippen molar-refractivity contribution in [3.63, 3.8) is 0 Å². The first-order chi connectivity index (χ1) is 9.65. The SMILES string of the molecule is O=C(N[C@@H]1C[C@H]2C(=O)NCC(=O)N2C1)c1ccccc1. The molecule has 6 nitrogen and oxygen atoms in total. The van der Waals surface area contributed by atoms with Gasteiger partial charge in [0.15, 0.2) is 0 Å². The Labute approximate surface area is 116 Å². The first kappa shape index (κ1) is 12.7. The van der Waals surface area contributed by atoms with Crippen LogP contribution in [-0.2, 0) is 9.59 Å². The van der Waals surface area contributed by atoms with Crippen molar-refractivity contribution in [3.05, 3.63) is 35.9 Å². The van der Waals surface area contributed by atoms with Gasteiger partial charge < -0.3 is 15.5 Å². The van der Waals surface area contributed by atoms with E-state index in [2.05, 4.69) is 10.6 Å². The Bertz CT molecular complexity index is 534. The van der Waals surface area contributed by atoms with E-state index >= 15 is 0 Å². The van der Waals surface area contributed by atoms with Gasteiger partial charge in [0.2, 0.25) is 11.8 Å². The number of piperazine rings is 1. The van der Waals surface area contributed by atoms with Gasteiger partial charge in [-0.25, -0.2) is 0 Å². The van der Waals surface area contributed by atoms with Crippen LogP contribution in [0.5, 0.6) is 0 Å². The fraction of sp³-hybridized carbons (Fsp3) is 0.357. The molecule has 2 saturated heterocycles. The van der Waals surface area contributed by atoms with Crippen molar-refractivity contribution in [2.75, 3.05) is 13.1 Å². The number of hydrogen-bond acceptors (Lipinski definition) is 3. The summed E-state index contributed by atoms with van der Waals surface area (Å²) >= 11 is 0. The molecule has 0 spiro atoms. The number of nitrogens with one attached hydrogen (secondary N) is 2. The largest absolute Gasteiger partial charge is 0.347 e. The molecular formula is C14H15N3O3. The van der Waals surface area contributed by atoms with Crippen molar-refractivity contribution < 1.29 is 14.4 Å². The molecule has 0 bridgehead atoms. The average Bonchev–Trinajstić information content (AvgIpc) is 2.89. The van der Waals surface area contributed by atoms with Crippen LogP contribution in [-0.4, -0.2) is 47.8 Å². The van der Waals surface area contributed by atoms with Gasteiger partial charge in [-0.3, -0.25) is 14.4 Å². The molecule has 2 heterocycles. The highest BCUT2D eigenvalue weighted by Gasteiger charge is 2.42. The lowest BCUT2D eigenvalue weighted by Gasteiger charge is -2.28. The monoisotopic (exact) mass is 273 g/mol. The number of carbonyl (C=O) groups excluding carboxylic acids is 3. The molecular weight excluding hydrogens is 258 g/mol. The highest BCUT2D eigenvalue weighted by atomic mass is 16.2. The summed E-state index contributed by atoms with van der Waals surface area (Å²) in [6, 6.07) is 8.27. The van der Waals surface area contributed by atoms with Gasteiger partial charge in [0, 0.05) is 18.2 Å². The van der Waals surface area contributed by atoms with E-state index in [9.17, 15) is 14.4 Å². The maximum absolute atomic E-state index is 12.1. The van der Waals surface area contributed by atoms with Crippen LogP contribution in [0.15, 0.2) is 30.3 Å². The summed E-state index contributed by atoms with van der Waals surface area (Å²) in [7, 11) is 0. The van der Waals surface area contributed by atoms with Crippen LogP contribution in [0.1, 0.15) is 16.8 Å². The number of amides is 3. The second-order valence-electron chi connectivity index (χ2n) is 5.05. The van der Waals surface area contributed by atoms with Gasteiger partial charge in [-0.2, -0.15) is 0 Å². The zero-order valence-corrected chi connectivity index (χ0v) is 10.8. The van der Waals surface area contributed by atoms with Gasteiger partial charge in [-0.05, 0) is 18.6 Å². The topological polar surface area (TPSA) is 78.5 Å². The van der Waals surface area contributed by atoms with E-state index < -0.39 is 6.04 Å². The Kier molecular flexibility index (Phi) is 3.14. The van der Waals surface area contributed by atoms with Gasteiger partial charge in [0.1, 0.15) is 6.04 Å². The Morgan fingerprint density at radius 2 is 2.00 bits per heavy atom. The molecule has 0 aliphatic carbocycles. The van der Waals surface area contributed by atoms with Crippen molar-refractivity contribution in [2.24, 2.45) is 0 Å². The minimum atomic E-state index is -0.447. The van der Waals surface area contributed by atoms with E-state index in [4.69, 9.17) is 0 Å². The van der Waals surface area contributed by atoms with Crippen molar-refractivity contribution in [1.82, 2.24) is 15.5 Å². The zero-order chi connectivity index (χ0) is 14.1. The number of fused-ring (bicyclic) bond motifs is 1. The molecule has 20 heavy (non-hydrogen) atoms. The summed E-state index contributed by atoms with van der Waals surface area (Å²) < 4.78 is 0. The van der Waals surface area contributed by atoms with Crippen molar-refractivity contribution in [3.8, 4) is 0 Å². The summed E-state index contributed by atoms with van der Waals surface area (Å²) in [6.45, 7) is 0.449. The maximum atomic E-state index is 12.1. The molecule has 0 saturated carbocycles. The summed E-state index contributed by atoms with van der Waals surface area (Å²) in [4.78, 5) is 37.0. The number of hydrogen-bond donors (Lipinski definition) is 2. The maximum Gasteiger partial charge on any atom is 0.251 e. The average molecular weight is 273 g/mol. The normalized spacial score (nSPS) is 25.1. The predicted octanol–water partition coefficient (Wildman–Crippen LogP) is -0.484. The summed E-state index contributed by atoms with van der Waals surface area (Å²) in [5.74, 6) is -0.407. The van der Waals surface area contributed by atoms with Crippen molar-refractivity contribution >= 4 is 17.7 Å². The standard InChI is InChI=1S/C14H15N3O3/c18-12-7-15-14(20)11-6-10(8-17(11)12)16-13(19)9-4-2-1-3-5-9/h1-5,10-11H,6-8H2,(H,15,20)(H,16,19)/t10-,11+/m1/s1. The first-order valence-electron chi connectivity index (χ1n) is 6.58.